The van der Waals surface area contributed by atoms with Crippen molar-refractivity contribution in [2.75, 3.05) is 5.32 Å². The first-order valence-electron chi connectivity index (χ1n) is 7.19. The molecule has 9 heteroatoms. The van der Waals surface area contributed by atoms with Gasteiger partial charge >= 0.3 is 6.18 Å². The van der Waals surface area contributed by atoms with Crippen LogP contribution in [0.5, 0.6) is 0 Å². The van der Waals surface area contributed by atoms with Crippen molar-refractivity contribution in [3.63, 3.8) is 0 Å². The summed E-state index contributed by atoms with van der Waals surface area (Å²) >= 11 is 1.49. The van der Waals surface area contributed by atoms with E-state index in [9.17, 15) is 18.0 Å². The van der Waals surface area contributed by atoms with E-state index in [1.807, 2.05) is 18.4 Å². The van der Waals surface area contributed by atoms with E-state index < -0.39 is 23.3 Å². The Morgan fingerprint density at radius 2 is 2.08 bits per heavy atom. The first kappa shape index (κ1) is 17.2. The summed E-state index contributed by atoms with van der Waals surface area (Å²) in [6, 6.07) is 6.78. The third kappa shape index (κ3) is 3.71. The van der Waals surface area contributed by atoms with Crippen LogP contribution < -0.4 is 5.32 Å². The third-order valence-corrected chi connectivity index (χ3v) is 4.15. The molecule has 0 aliphatic heterocycles. The molecular formula is C16H13F3N4OS. The number of aromatic nitrogens is 3. The Morgan fingerprint density at radius 1 is 1.32 bits per heavy atom. The van der Waals surface area contributed by atoms with Crippen LogP contribution in [0.4, 0.5) is 18.9 Å². The average molecular weight is 366 g/mol. The Bertz CT molecular complexity index is 930. The van der Waals surface area contributed by atoms with E-state index >= 15 is 0 Å². The Balaban J connectivity index is 1.87. The summed E-state index contributed by atoms with van der Waals surface area (Å²) in [5.74, 6) is -0.868. The van der Waals surface area contributed by atoms with Gasteiger partial charge in [-0.3, -0.25) is 9.48 Å². The summed E-state index contributed by atoms with van der Waals surface area (Å²) in [6.07, 6.45) is -3.65. The molecule has 0 aliphatic carbocycles. The minimum atomic E-state index is -4.70. The molecule has 25 heavy (non-hydrogen) atoms. The van der Waals surface area contributed by atoms with Crippen molar-refractivity contribution >= 4 is 22.9 Å². The Hall–Kier alpha value is -2.68. The lowest BCUT2D eigenvalue weighted by molar-refractivity contribution is -0.141. The second-order valence-corrected chi connectivity index (χ2v) is 6.41. The minimum Gasteiger partial charge on any atom is -0.322 e. The number of carbonyl (C=O) groups excluding carboxylic acids is 1. The van der Waals surface area contributed by atoms with Crippen LogP contribution in [-0.4, -0.2) is 20.7 Å². The lowest BCUT2D eigenvalue weighted by Gasteiger charge is -2.08. The molecule has 1 N–H and O–H groups in total. The van der Waals surface area contributed by atoms with Gasteiger partial charge in [0.05, 0.1) is 16.3 Å². The third-order valence-electron chi connectivity index (χ3n) is 3.38. The number of rotatable bonds is 3. The number of halogens is 3. The molecule has 0 saturated carbocycles. The van der Waals surface area contributed by atoms with Gasteiger partial charge in [0.15, 0.2) is 5.69 Å². The highest BCUT2D eigenvalue weighted by atomic mass is 32.1. The molecule has 0 unspecified atom stereocenters. The molecule has 3 aromatic rings. The van der Waals surface area contributed by atoms with Gasteiger partial charge in [0.25, 0.3) is 5.91 Å². The van der Waals surface area contributed by atoms with Crippen molar-refractivity contribution in [1.82, 2.24) is 14.8 Å². The number of carbonyl (C=O) groups is 1. The van der Waals surface area contributed by atoms with E-state index in [2.05, 4.69) is 15.4 Å². The summed E-state index contributed by atoms with van der Waals surface area (Å²) in [5.41, 5.74) is 0.161. The van der Waals surface area contributed by atoms with Crippen LogP contribution in [0.2, 0.25) is 0 Å². The molecule has 0 saturated heterocycles. The summed E-state index contributed by atoms with van der Waals surface area (Å²) in [4.78, 5) is 16.6. The van der Waals surface area contributed by atoms with Crippen LogP contribution in [0.1, 0.15) is 21.1 Å². The standard InChI is InChI=1S/C16H13F3N4OS/c1-9-20-13(8-25-9)10-4-3-5-11(6-10)21-15(24)12-7-23(2)22-14(12)16(17,18)19/h3-8H,1-2H3,(H,21,24). The van der Waals surface area contributed by atoms with Crippen molar-refractivity contribution in [2.24, 2.45) is 7.05 Å². The van der Waals surface area contributed by atoms with Crippen LogP contribution in [0.15, 0.2) is 35.8 Å². The molecule has 3 rings (SSSR count). The van der Waals surface area contributed by atoms with Gasteiger partial charge in [-0.05, 0) is 19.1 Å². The van der Waals surface area contributed by atoms with Crippen molar-refractivity contribution < 1.29 is 18.0 Å². The van der Waals surface area contributed by atoms with Crippen LogP contribution in [0, 0.1) is 6.92 Å². The first-order chi connectivity index (χ1) is 11.7. The smallest absolute Gasteiger partial charge is 0.322 e. The highest BCUT2D eigenvalue weighted by Gasteiger charge is 2.39. The van der Waals surface area contributed by atoms with E-state index in [0.717, 1.165) is 27.1 Å². The SMILES string of the molecule is Cc1nc(-c2cccc(NC(=O)c3cn(C)nc3C(F)(F)F)c2)cs1. The molecule has 0 aliphatic rings. The van der Waals surface area contributed by atoms with Gasteiger partial charge in [-0.2, -0.15) is 18.3 Å². The maximum Gasteiger partial charge on any atom is 0.435 e. The molecule has 1 amide bonds. The summed E-state index contributed by atoms with van der Waals surface area (Å²) in [5, 5.41) is 8.59. The quantitative estimate of drug-likeness (QED) is 0.758. The van der Waals surface area contributed by atoms with Crippen molar-refractivity contribution in [2.45, 2.75) is 13.1 Å². The van der Waals surface area contributed by atoms with Crippen molar-refractivity contribution in [1.29, 1.82) is 0 Å². The lowest BCUT2D eigenvalue weighted by Crippen LogP contribution is -2.17. The second kappa shape index (κ2) is 6.32. The highest BCUT2D eigenvalue weighted by molar-refractivity contribution is 7.09. The molecule has 2 aromatic heterocycles. The van der Waals surface area contributed by atoms with E-state index in [1.165, 1.54) is 18.4 Å². The largest absolute Gasteiger partial charge is 0.435 e. The van der Waals surface area contributed by atoms with Crippen molar-refractivity contribution in [3.05, 3.63) is 52.1 Å². The molecule has 0 radical (unpaired) electrons. The number of hydrogen-bond acceptors (Lipinski definition) is 4. The van der Waals surface area contributed by atoms with Crippen LogP contribution in [-0.2, 0) is 13.2 Å². The van der Waals surface area contributed by atoms with Gasteiger partial charge in [-0.25, -0.2) is 4.98 Å². The maximum atomic E-state index is 13.0. The van der Waals surface area contributed by atoms with Gasteiger partial charge in [0.2, 0.25) is 0 Å². The highest BCUT2D eigenvalue weighted by Crippen LogP contribution is 2.31. The monoisotopic (exact) mass is 366 g/mol. The molecular weight excluding hydrogens is 353 g/mol. The van der Waals surface area contributed by atoms with E-state index in [-0.39, 0.29) is 0 Å². The fourth-order valence-corrected chi connectivity index (χ4v) is 2.94. The topological polar surface area (TPSA) is 59.8 Å². The van der Waals surface area contributed by atoms with Gasteiger partial charge in [-0.15, -0.1) is 11.3 Å². The molecule has 0 bridgehead atoms. The fraction of sp³-hybridized carbons (Fsp3) is 0.188. The number of benzene rings is 1. The van der Waals surface area contributed by atoms with Crippen LogP contribution in [0.3, 0.4) is 0 Å². The molecule has 1 aromatic carbocycles. The minimum absolute atomic E-state index is 0.380. The number of nitrogens with one attached hydrogen (secondary N) is 1. The van der Waals surface area contributed by atoms with E-state index in [1.54, 1.807) is 18.2 Å². The number of nitrogens with zero attached hydrogens (tertiary/aromatic N) is 3. The van der Waals surface area contributed by atoms with Gasteiger partial charge in [0, 0.05) is 29.9 Å². The first-order valence-corrected chi connectivity index (χ1v) is 8.07. The molecule has 0 fully saturated rings. The lowest BCUT2D eigenvalue weighted by atomic mass is 10.1. The maximum absolute atomic E-state index is 13.0. The number of aryl methyl sites for hydroxylation is 2. The molecule has 2 heterocycles. The Kier molecular flexibility index (Phi) is 4.34. The Labute approximate surface area is 145 Å². The number of hydrogen-bond donors (Lipinski definition) is 1. The van der Waals surface area contributed by atoms with E-state index in [0.29, 0.717) is 5.69 Å². The number of anilines is 1. The number of thiazole rings is 1. The molecule has 0 spiro atoms. The van der Waals surface area contributed by atoms with Crippen LogP contribution in [0.25, 0.3) is 11.3 Å². The normalized spacial score (nSPS) is 11.6. The van der Waals surface area contributed by atoms with E-state index in [4.69, 9.17) is 0 Å². The zero-order chi connectivity index (χ0) is 18.2. The Morgan fingerprint density at radius 3 is 2.72 bits per heavy atom. The number of alkyl halides is 3. The van der Waals surface area contributed by atoms with Gasteiger partial charge < -0.3 is 5.32 Å². The van der Waals surface area contributed by atoms with Crippen molar-refractivity contribution in [3.8, 4) is 11.3 Å². The zero-order valence-electron chi connectivity index (χ0n) is 13.3. The predicted molar refractivity (Wildman–Crippen MR) is 88.5 cm³/mol. The average Bonchev–Trinajstić information content (AvgIpc) is 3.13. The number of amides is 1. The summed E-state index contributed by atoms with van der Waals surface area (Å²) in [6.45, 7) is 1.88. The molecule has 0 atom stereocenters. The molecule has 130 valence electrons. The zero-order valence-corrected chi connectivity index (χ0v) is 14.1. The summed E-state index contributed by atoms with van der Waals surface area (Å²) < 4.78 is 39.9. The van der Waals surface area contributed by atoms with Gasteiger partial charge in [0.1, 0.15) is 0 Å². The van der Waals surface area contributed by atoms with Crippen LogP contribution >= 0.6 is 11.3 Å². The second-order valence-electron chi connectivity index (χ2n) is 5.35. The fourth-order valence-electron chi connectivity index (χ4n) is 2.31. The summed E-state index contributed by atoms with van der Waals surface area (Å²) in [7, 11) is 1.33. The molecule has 5 nitrogen and oxygen atoms in total. The van der Waals surface area contributed by atoms with Gasteiger partial charge in [-0.1, -0.05) is 12.1 Å². The predicted octanol–water partition coefficient (Wildman–Crippen LogP) is 4.12.